The van der Waals surface area contributed by atoms with Gasteiger partial charge in [-0.1, -0.05) is 48.4 Å². The van der Waals surface area contributed by atoms with Crippen LogP contribution in [0, 0.1) is 13.8 Å². The number of aryl methyl sites for hydroxylation is 2. The molecule has 0 bridgehead atoms. The van der Waals surface area contributed by atoms with Crippen molar-refractivity contribution >= 4 is 16.8 Å². The number of hydrogen-bond donors (Lipinski definition) is 1. The van der Waals surface area contributed by atoms with Gasteiger partial charge in [-0.05, 0) is 43.0 Å². The number of pyridine rings is 1. The van der Waals surface area contributed by atoms with Crippen LogP contribution in [0.4, 0.5) is 0 Å². The molecule has 2 aromatic carbocycles. The second kappa shape index (κ2) is 7.56. The summed E-state index contributed by atoms with van der Waals surface area (Å²) in [5.74, 6) is 0.0364. The molecule has 3 rings (SSSR count). The van der Waals surface area contributed by atoms with Crippen LogP contribution in [0.1, 0.15) is 35.6 Å². The highest BCUT2D eigenvalue weighted by atomic mass is 16.2. The minimum atomic E-state index is -0.140. The Hall–Kier alpha value is -2.88. The first-order valence-electron chi connectivity index (χ1n) is 8.92. The van der Waals surface area contributed by atoms with Crippen molar-refractivity contribution in [2.45, 2.75) is 40.3 Å². The monoisotopic (exact) mass is 348 g/mol. The van der Waals surface area contributed by atoms with Gasteiger partial charge in [0.2, 0.25) is 5.91 Å². The normalized spacial score (nSPS) is 10.9. The first-order valence-corrected chi connectivity index (χ1v) is 8.92. The predicted octanol–water partition coefficient (Wildman–Crippen LogP) is 4.08. The summed E-state index contributed by atoms with van der Waals surface area (Å²) in [5, 5.41) is 0.985. The van der Waals surface area contributed by atoms with Crippen LogP contribution in [0.5, 0.6) is 0 Å². The smallest absolute Gasteiger partial charge is 0.253 e. The summed E-state index contributed by atoms with van der Waals surface area (Å²) in [5.41, 5.74) is 4.66. The quantitative estimate of drug-likeness (QED) is 0.755. The standard InChI is InChI=1S/C22H24N2O2/c1-4-21(25)24(13-17-8-5-15(2)6-9-17)14-19-12-18-11-16(3)7-10-20(18)23-22(19)26/h5-12H,4,13-14H2,1-3H3,(H,23,26). The van der Waals surface area contributed by atoms with Gasteiger partial charge in [-0.2, -0.15) is 0 Å². The van der Waals surface area contributed by atoms with Crippen molar-refractivity contribution in [1.29, 1.82) is 0 Å². The van der Waals surface area contributed by atoms with Crippen LogP contribution in [-0.4, -0.2) is 15.8 Å². The molecule has 3 aromatic rings. The summed E-state index contributed by atoms with van der Waals surface area (Å²) in [7, 11) is 0. The van der Waals surface area contributed by atoms with Gasteiger partial charge in [0.15, 0.2) is 0 Å². The average molecular weight is 348 g/mol. The maximum Gasteiger partial charge on any atom is 0.253 e. The Morgan fingerprint density at radius 2 is 1.65 bits per heavy atom. The van der Waals surface area contributed by atoms with Gasteiger partial charge in [0.25, 0.3) is 5.56 Å². The van der Waals surface area contributed by atoms with E-state index in [9.17, 15) is 9.59 Å². The average Bonchev–Trinajstić information content (AvgIpc) is 2.63. The van der Waals surface area contributed by atoms with Crippen LogP contribution < -0.4 is 5.56 Å². The molecule has 0 saturated carbocycles. The van der Waals surface area contributed by atoms with E-state index in [0.717, 1.165) is 22.0 Å². The number of nitrogens with one attached hydrogen (secondary N) is 1. The lowest BCUT2D eigenvalue weighted by Crippen LogP contribution is -2.31. The summed E-state index contributed by atoms with van der Waals surface area (Å²) in [6.45, 7) is 6.71. The highest BCUT2D eigenvalue weighted by molar-refractivity contribution is 5.80. The molecule has 0 unspecified atom stereocenters. The highest BCUT2D eigenvalue weighted by Gasteiger charge is 2.15. The van der Waals surface area contributed by atoms with Gasteiger partial charge in [0.05, 0.1) is 6.54 Å². The molecule has 1 N–H and O–H groups in total. The zero-order valence-corrected chi connectivity index (χ0v) is 15.5. The molecule has 1 heterocycles. The Bertz CT molecular complexity index is 987. The molecule has 4 nitrogen and oxygen atoms in total. The Morgan fingerprint density at radius 3 is 2.35 bits per heavy atom. The van der Waals surface area contributed by atoms with E-state index in [1.54, 1.807) is 4.90 Å². The first kappa shape index (κ1) is 17.9. The maximum absolute atomic E-state index is 12.5. The van der Waals surface area contributed by atoms with Crippen molar-refractivity contribution in [3.63, 3.8) is 0 Å². The number of aromatic amines is 1. The number of benzene rings is 2. The lowest BCUT2D eigenvalue weighted by Gasteiger charge is -2.22. The van der Waals surface area contributed by atoms with Gasteiger partial charge < -0.3 is 9.88 Å². The van der Waals surface area contributed by atoms with Crippen molar-refractivity contribution in [1.82, 2.24) is 9.88 Å². The number of hydrogen-bond acceptors (Lipinski definition) is 2. The summed E-state index contributed by atoms with van der Waals surface area (Å²) in [6, 6.07) is 16.0. The molecule has 0 spiro atoms. The second-order valence-electron chi connectivity index (χ2n) is 6.80. The fraction of sp³-hybridized carbons (Fsp3) is 0.273. The molecule has 0 radical (unpaired) electrons. The third-order valence-electron chi connectivity index (χ3n) is 4.59. The molecule has 1 aromatic heterocycles. The minimum absolute atomic E-state index is 0.0364. The van der Waals surface area contributed by atoms with Crippen LogP contribution in [0.2, 0.25) is 0 Å². The molecule has 0 saturated heterocycles. The van der Waals surface area contributed by atoms with Crippen molar-refractivity contribution < 1.29 is 4.79 Å². The summed E-state index contributed by atoms with van der Waals surface area (Å²) in [4.78, 5) is 29.6. The van der Waals surface area contributed by atoms with Crippen LogP contribution in [0.3, 0.4) is 0 Å². The lowest BCUT2D eigenvalue weighted by molar-refractivity contribution is -0.132. The fourth-order valence-electron chi connectivity index (χ4n) is 3.06. The molecule has 0 aliphatic rings. The Kier molecular flexibility index (Phi) is 5.21. The van der Waals surface area contributed by atoms with Crippen LogP contribution in [0.15, 0.2) is 53.3 Å². The molecule has 0 aliphatic heterocycles. The number of amides is 1. The zero-order valence-electron chi connectivity index (χ0n) is 15.5. The van der Waals surface area contributed by atoms with Crippen LogP contribution in [0.25, 0.3) is 10.9 Å². The third-order valence-corrected chi connectivity index (χ3v) is 4.59. The number of carbonyl (C=O) groups is 1. The number of H-pyrrole nitrogens is 1. The summed E-state index contributed by atoms with van der Waals surface area (Å²) in [6.07, 6.45) is 0.413. The van der Waals surface area contributed by atoms with Crippen molar-refractivity contribution in [2.75, 3.05) is 0 Å². The minimum Gasteiger partial charge on any atom is -0.334 e. The molecule has 134 valence electrons. The van der Waals surface area contributed by atoms with Gasteiger partial charge in [0, 0.05) is 24.0 Å². The molecule has 1 amide bonds. The third kappa shape index (κ3) is 4.02. The van der Waals surface area contributed by atoms with Crippen molar-refractivity contribution in [3.05, 3.63) is 81.1 Å². The number of fused-ring (bicyclic) bond motifs is 1. The number of nitrogens with zero attached hydrogens (tertiary/aromatic N) is 1. The van der Waals surface area contributed by atoms with E-state index in [1.807, 2.05) is 69.3 Å². The number of aromatic nitrogens is 1. The van der Waals surface area contributed by atoms with E-state index < -0.39 is 0 Å². The van der Waals surface area contributed by atoms with Gasteiger partial charge >= 0.3 is 0 Å². The molecule has 4 heteroatoms. The van der Waals surface area contributed by atoms with Crippen molar-refractivity contribution in [2.24, 2.45) is 0 Å². The van der Waals surface area contributed by atoms with Gasteiger partial charge in [-0.25, -0.2) is 0 Å². The topological polar surface area (TPSA) is 53.2 Å². The Balaban J connectivity index is 1.92. The largest absolute Gasteiger partial charge is 0.334 e. The van der Waals surface area contributed by atoms with E-state index >= 15 is 0 Å². The molecule has 26 heavy (non-hydrogen) atoms. The maximum atomic E-state index is 12.5. The van der Waals surface area contributed by atoms with Gasteiger partial charge in [-0.3, -0.25) is 9.59 Å². The molecular formula is C22H24N2O2. The highest BCUT2D eigenvalue weighted by Crippen LogP contribution is 2.16. The van der Waals surface area contributed by atoms with E-state index in [0.29, 0.717) is 25.1 Å². The Labute approximate surface area is 153 Å². The zero-order chi connectivity index (χ0) is 18.7. The fourth-order valence-corrected chi connectivity index (χ4v) is 3.06. The predicted molar refractivity (Wildman–Crippen MR) is 105 cm³/mol. The number of carbonyl (C=O) groups excluding carboxylic acids is 1. The SMILES string of the molecule is CCC(=O)N(Cc1ccc(C)cc1)Cc1cc2cc(C)ccc2[nH]c1=O. The van der Waals surface area contributed by atoms with E-state index in [4.69, 9.17) is 0 Å². The molecular weight excluding hydrogens is 324 g/mol. The lowest BCUT2D eigenvalue weighted by atomic mass is 10.1. The Morgan fingerprint density at radius 1 is 0.962 bits per heavy atom. The van der Waals surface area contributed by atoms with E-state index in [-0.39, 0.29) is 11.5 Å². The first-order chi connectivity index (χ1) is 12.5. The van der Waals surface area contributed by atoms with Gasteiger partial charge in [-0.15, -0.1) is 0 Å². The van der Waals surface area contributed by atoms with E-state index in [1.165, 1.54) is 5.56 Å². The summed E-state index contributed by atoms with van der Waals surface area (Å²) < 4.78 is 0. The van der Waals surface area contributed by atoms with Gasteiger partial charge in [0.1, 0.15) is 0 Å². The van der Waals surface area contributed by atoms with Crippen LogP contribution >= 0.6 is 0 Å². The second-order valence-corrected chi connectivity index (χ2v) is 6.80. The van der Waals surface area contributed by atoms with Crippen molar-refractivity contribution in [3.8, 4) is 0 Å². The summed E-state index contributed by atoms with van der Waals surface area (Å²) >= 11 is 0. The van der Waals surface area contributed by atoms with Crippen LogP contribution in [-0.2, 0) is 17.9 Å². The number of rotatable bonds is 5. The van der Waals surface area contributed by atoms with E-state index in [2.05, 4.69) is 4.98 Å². The molecule has 0 fully saturated rings. The molecule has 0 atom stereocenters. The molecule has 0 aliphatic carbocycles.